The van der Waals surface area contributed by atoms with Gasteiger partial charge in [-0.25, -0.2) is 14.6 Å². The molecule has 0 amide bonds. The molecule has 0 bridgehead atoms. The van der Waals surface area contributed by atoms with E-state index in [4.69, 9.17) is 0 Å². The van der Waals surface area contributed by atoms with E-state index in [-0.39, 0.29) is 0 Å². The molecule has 0 aliphatic heterocycles. The predicted molar refractivity (Wildman–Crippen MR) is 51.8 cm³/mol. The number of aryl methyl sites for hydroxylation is 1. The second-order valence-corrected chi connectivity index (χ2v) is 3.13. The molecule has 0 aromatic carbocycles. The third kappa shape index (κ3) is 1.11. The number of hydrogen-bond acceptors (Lipinski definition) is 5. The van der Waals surface area contributed by atoms with E-state index in [0.29, 0.717) is 11.5 Å². The maximum Gasteiger partial charge on any atom is 0.170 e. The lowest BCUT2D eigenvalue weighted by Gasteiger charge is -1.95. The van der Waals surface area contributed by atoms with Crippen molar-refractivity contribution in [3.05, 3.63) is 24.5 Å². The minimum absolute atomic E-state index is 0.607. The molecule has 3 heterocycles. The van der Waals surface area contributed by atoms with Gasteiger partial charge >= 0.3 is 0 Å². The average Bonchev–Trinajstić information content (AvgIpc) is 2.87. The first-order chi connectivity index (χ1) is 7.36. The van der Waals surface area contributed by atoms with Crippen LogP contribution in [0.1, 0.15) is 0 Å². The van der Waals surface area contributed by atoms with E-state index in [1.54, 1.807) is 6.20 Å². The summed E-state index contributed by atoms with van der Waals surface area (Å²) in [6.45, 7) is 0. The highest BCUT2D eigenvalue weighted by Crippen LogP contribution is 2.19. The number of hydrogen-bond donors (Lipinski definition) is 0. The van der Waals surface area contributed by atoms with Gasteiger partial charge in [-0.2, -0.15) is 0 Å². The zero-order chi connectivity index (χ0) is 10.3. The molecule has 3 aromatic rings. The Morgan fingerprint density at radius 1 is 1.40 bits per heavy atom. The molecule has 74 valence electrons. The van der Waals surface area contributed by atoms with Crippen molar-refractivity contribution < 1.29 is 4.63 Å². The molecule has 0 unspecified atom stereocenters. The van der Waals surface area contributed by atoms with Gasteiger partial charge in [0.15, 0.2) is 17.2 Å². The number of imidazole rings is 1. The van der Waals surface area contributed by atoms with Crippen molar-refractivity contribution in [1.29, 1.82) is 0 Å². The molecule has 0 spiro atoms. The Kier molecular flexibility index (Phi) is 1.55. The van der Waals surface area contributed by atoms with Gasteiger partial charge in [-0.3, -0.25) is 0 Å². The summed E-state index contributed by atoms with van der Waals surface area (Å²) < 4.78 is 6.40. The molecule has 0 radical (unpaired) electrons. The Labute approximate surface area is 84.5 Å². The Morgan fingerprint density at radius 3 is 3.07 bits per heavy atom. The van der Waals surface area contributed by atoms with Crippen LogP contribution in [0.15, 0.2) is 29.2 Å². The molecule has 6 nitrogen and oxygen atoms in total. The Bertz CT molecular complexity index is 598. The van der Waals surface area contributed by atoms with E-state index >= 15 is 0 Å². The van der Waals surface area contributed by atoms with Gasteiger partial charge in [0.25, 0.3) is 0 Å². The fourth-order valence-corrected chi connectivity index (χ4v) is 1.52. The maximum absolute atomic E-state index is 4.55. The van der Waals surface area contributed by atoms with Crippen LogP contribution in [0.2, 0.25) is 0 Å². The number of fused-ring (bicyclic) bond motifs is 1. The topological polar surface area (TPSA) is 69.6 Å². The molecule has 0 saturated heterocycles. The van der Waals surface area contributed by atoms with Crippen LogP contribution in [0, 0.1) is 0 Å². The van der Waals surface area contributed by atoms with Crippen molar-refractivity contribution in [2.75, 3.05) is 0 Å². The highest BCUT2D eigenvalue weighted by molar-refractivity contribution is 5.75. The van der Waals surface area contributed by atoms with Crippen LogP contribution in [0.4, 0.5) is 0 Å². The number of pyridine rings is 1. The van der Waals surface area contributed by atoms with Crippen LogP contribution in [-0.4, -0.2) is 24.8 Å². The second-order valence-electron chi connectivity index (χ2n) is 3.13. The van der Waals surface area contributed by atoms with Gasteiger partial charge in [0.05, 0.1) is 0 Å². The maximum atomic E-state index is 4.55. The largest absolute Gasteiger partial charge is 0.310 e. The first kappa shape index (κ1) is 8.10. The van der Waals surface area contributed by atoms with E-state index in [2.05, 4.69) is 24.9 Å². The van der Waals surface area contributed by atoms with Gasteiger partial charge in [-0.05, 0) is 17.3 Å². The van der Waals surface area contributed by atoms with E-state index in [0.717, 1.165) is 11.2 Å². The SMILES string of the molecule is Cn1c(-c2cnon2)nc2cccnc21. The van der Waals surface area contributed by atoms with Crippen molar-refractivity contribution in [2.45, 2.75) is 0 Å². The van der Waals surface area contributed by atoms with Crippen molar-refractivity contribution in [3.8, 4) is 11.5 Å². The quantitative estimate of drug-likeness (QED) is 0.587. The van der Waals surface area contributed by atoms with Crippen molar-refractivity contribution in [1.82, 2.24) is 24.8 Å². The van der Waals surface area contributed by atoms with Gasteiger partial charge in [0.2, 0.25) is 0 Å². The monoisotopic (exact) mass is 201 g/mol. The number of nitrogens with zero attached hydrogens (tertiary/aromatic N) is 5. The van der Waals surface area contributed by atoms with Crippen molar-refractivity contribution in [3.63, 3.8) is 0 Å². The Morgan fingerprint density at radius 2 is 2.33 bits per heavy atom. The summed E-state index contributed by atoms with van der Waals surface area (Å²) in [5.41, 5.74) is 2.25. The summed E-state index contributed by atoms with van der Waals surface area (Å²) in [5.74, 6) is 0.699. The van der Waals surface area contributed by atoms with Gasteiger partial charge in [-0.15, -0.1) is 0 Å². The predicted octanol–water partition coefficient (Wildman–Crippen LogP) is 1.02. The molecule has 6 heteroatoms. The van der Waals surface area contributed by atoms with Crippen LogP contribution in [0.3, 0.4) is 0 Å². The molecule has 0 atom stereocenters. The van der Waals surface area contributed by atoms with E-state index in [1.165, 1.54) is 6.20 Å². The molecule has 0 aliphatic carbocycles. The zero-order valence-corrected chi connectivity index (χ0v) is 7.95. The summed E-state index contributed by atoms with van der Waals surface area (Å²) in [6.07, 6.45) is 3.26. The highest BCUT2D eigenvalue weighted by Gasteiger charge is 2.12. The molecule has 0 aliphatic rings. The van der Waals surface area contributed by atoms with E-state index in [9.17, 15) is 0 Å². The fourth-order valence-electron chi connectivity index (χ4n) is 1.52. The summed E-state index contributed by atoms with van der Waals surface area (Å²) in [4.78, 5) is 8.63. The summed E-state index contributed by atoms with van der Waals surface area (Å²) >= 11 is 0. The minimum Gasteiger partial charge on any atom is -0.310 e. The first-order valence-corrected chi connectivity index (χ1v) is 4.41. The lowest BCUT2D eigenvalue weighted by atomic mass is 10.4. The van der Waals surface area contributed by atoms with Gasteiger partial charge < -0.3 is 4.57 Å². The molecule has 0 N–H and O–H groups in total. The third-order valence-electron chi connectivity index (χ3n) is 2.22. The lowest BCUT2D eigenvalue weighted by Crippen LogP contribution is -1.93. The van der Waals surface area contributed by atoms with Crippen LogP contribution < -0.4 is 0 Å². The molecular weight excluding hydrogens is 194 g/mol. The molecular formula is C9H7N5O. The third-order valence-corrected chi connectivity index (χ3v) is 2.22. The summed E-state index contributed by atoms with van der Waals surface area (Å²) in [7, 11) is 1.88. The summed E-state index contributed by atoms with van der Waals surface area (Å²) in [5, 5.41) is 7.30. The van der Waals surface area contributed by atoms with Gasteiger partial charge in [-0.1, -0.05) is 5.16 Å². The number of aromatic nitrogens is 5. The lowest BCUT2D eigenvalue weighted by molar-refractivity contribution is 0.308. The molecule has 0 saturated carbocycles. The van der Waals surface area contributed by atoms with Gasteiger partial charge in [0.1, 0.15) is 11.7 Å². The normalized spacial score (nSPS) is 11.0. The Hall–Kier alpha value is -2.24. The van der Waals surface area contributed by atoms with Crippen LogP contribution in [-0.2, 0) is 7.05 Å². The molecule has 0 fully saturated rings. The van der Waals surface area contributed by atoms with Crippen molar-refractivity contribution >= 4 is 11.2 Å². The van der Waals surface area contributed by atoms with Crippen LogP contribution in [0.25, 0.3) is 22.7 Å². The Balaban J connectivity index is 2.33. The van der Waals surface area contributed by atoms with Crippen LogP contribution >= 0.6 is 0 Å². The van der Waals surface area contributed by atoms with E-state index in [1.807, 2.05) is 23.7 Å². The second kappa shape index (κ2) is 2.88. The zero-order valence-electron chi connectivity index (χ0n) is 7.95. The first-order valence-electron chi connectivity index (χ1n) is 4.41. The highest BCUT2D eigenvalue weighted by atomic mass is 16.6. The summed E-state index contributed by atoms with van der Waals surface area (Å²) in [6, 6.07) is 3.75. The smallest absolute Gasteiger partial charge is 0.170 e. The number of rotatable bonds is 1. The molecule has 3 rings (SSSR count). The standard InChI is InChI=1S/C9H7N5O/c1-14-8-6(3-2-4-10-8)12-9(14)7-5-11-15-13-7/h2-5H,1H3. The van der Waals surface area contributed by atoms with Gasteiger partial charge in [0, 0.05) is 13.2 Å². The minimum atomic E-state index is 0.607. The molecule has 3 aromatic heterocycles. The molecule has 15 heavy (non-hydrogen) atoms. The van der Waals surface area contributed by atoms with E-state index < -0.39 is 0 Å². The van der Waals surface area contributed by atoms with Crippen LogP contribution in [0.5, 0.6) is 0 Å². The fraction of sp³-hybridized carbons (Fsp3) is 0.111. The average molecular weight is 201 g/mol. The van der Waals surface area contributed by atoms with Crippen molar-refractivity contribution in [2.24, 2.45) is 7.05 Å².